The molecule has 0 aliphatic heterocycles. The van der Waals surface area contributed by atoms with Crippen LogP contribution in [0.15, 0.2) is 47.8 Å². The van der Waals surface area contributed by atoms with Crippen molar-refractivity contribution in [3.05, 3.63) is 53.5 Å². The molecule has 0 saturated carbocycles. The maximum absolute atomic E-state index is 11.4. The van der Waals surface area contributed by atoms with Crippen molar-refractivity contribution >= 4 is 38.9 Å². The largest absolute Gasteiger partial charge is 0.466 e. The quantitative estimate of drug-likeness (QED) is 0.676. The molecule has 0 saturated heterocycles. The molecule has 0 unspecified atom stereocenters. The molecule has 0 radical (unpaired) electrons. The number of hydrogen-bond donors (Lipinski definition) is 1. The topological polar surface area (TPSA) is 51.2 Å². The number of fused-ring (bicyclic) bond motifs is 1. The Bertz CT molecular complexity index is 808. The van der Waals surface area contributed by atoms with Crippen molar-refractivity contribution in [3.8, 4) is 0 Å². The van der Waals surface area contributed by atoms with Crippen molar-refractivity contribution in [2.45, 2.75) is 19.8 Å². The lowest BCUT2D eigenvalue weighted by atomic mass is 10.1. The Morgan fingerprint density at radius 3 is 2.91 bits per heavy atom. The van der Waals surface area contributed by atoms with E-state index < -0.39 is 0 Å². The van der Waals surface area contributed by atoms with E-state index in [1.807, 2.05) is 36.6 Å². The summed E-state index contributed by atoms with van der Waals surface area (Å²) in [5.41, 5.74) is 1.94. The molecule has 0 bridgehead atoms. The zero-order chi connectivity index (χ0) is 16.1. The lowest BCUT2D eigenvalue weighted by molar-refractivity contribution is -0.143. The molecule has 0 atom stereocenters. The molecule has 0 fully saturated rings. The minimum Gasteiger partial charge on any atom is -0.466 e. The molecule has 3 rings (SSSR count). The first-order valence-electron chi connectivity index (χ1n) is 7.61. The predicted octanol–water partition coefficient (Wildman–Crippen LogP) is 4.54. The van der Waals surface area contributed by atoms with Crippen LogP contribution >= 0.6 is 11.3 Å². The molecule has 1 aromatic heterocycles. The van der Waals surface area contributed by atoms with Crippen LogP contribution in [-0.2, 0) is 16.0 Å². The van der Waals surface area contributed by atoms with Gasteiger partial charge in [-0.05, 0) is 18.4 Å². The van der Waals surface area contributed by atoms with E-state index in [1.165, 1.54) is 10.8 Å². The minimum absolute atomic E-state index is 0.177. The molecular formula is C18H18N2O2S. The van der Waals surface area contributed by atoms with E-state index in [-0.39, 0.29) is 5.97 Å². The Labute approximate surface area is 139 Å². The highest BCUT2D eigenvalue weighted by Crippen LogP contribution is 2.28. The van der Waals surface area contributed by atoms with E-state index in [0.29, 0.717) is 19.4 Å². The summed E-state index contributed by atoms with van der Waals surface area (Å²) in [6.45, 7) is 2.23. The SMILES string of the molecule is CCOC(=O)CCc1csc(Nc2cccc3ccccc23)n1. The number of aromatic nitrogens is 1. The monoisotopic (exact) mass is 326 g/mol. The number of esters is 1. The van der Waals surface area contributed by atoms with Crippen LogP contribution < -0.4 is 5.32 Å². The molecule has 0 spiro atoms. The van der Waals surface area contributed by atoms with Crippen molar-refractivity contribution < 1.29 is 9.53 Å². The van der Waals surface area contributed by atoms with Gasteiger partial charge in [0.25, 0.3) is 0 Å². The van der Waals surface area contributed by atoms with Crippen LogP contribution in [0.3, 0.4) is 0 Å². The average Bonchev–Trinajstić information content (AvgIpc) is 3.01. The van der Waals surface area contributed by atoms with Gasteiger partial charge in [0.1, 0.15) is 0 Å². The van der Waals surface area contributed by atoms with Crippen molar-refractivity contribution in [2.75, 3.05) is 11.9 Å². The van der Waals surface area contributed by atoms with Gasteiger partial charge in [-0.2, -0.15) is 0 Å². The molecule has 4 nitrogen and oxygen atoms in total. The lowest BCUT2D eigenvalue weighted by Crippen LogP contribution is -2.05. The molecule has 1 heterocycles. The van der Waals surface area contributed by atoms with Gasteiger partial charge < -0.3 is 10.1 Å². The summed E-state index contributed by atoms with van der Waals surface area (Å²) in [6, 6.07) is 14.4. The fourth-order valence-electron chi connectivity index (χ4n) is 2.39. The number of carbonyl (C=O) groups is 1. The maximum Gasteiger partial charge on any atom is 0.306 e. The van der Waals surface area contributed by atoms with Gasteiger partial charge in [-0.3, -0.25) is 4.79 Å². The molecule has 1 N–H and O–H groups in total. The Morgan fingerprint density at radius 2 is 2.04 bits per heavy atom. The van der Waals surface area contributed by atoms with Crippen molar-refractivity contribution in [2.24, 2.45) is 0 Å². The number of hydrogen-bond acceptors (Lipinski definition) is 5. The first-order chi connectivity index (χ1) is 11.3. The number of benzene rings is 2. The van der Waals surface area contributed by atoms with E-state index in [2.05, 4.69) is 28.5 Å². The summed E-state index contributed by atoms with van der Waals surface area (Å²) >= 11 is 1.54. The van der Waals surface area contributed by atoms with Gasteiger partial charge in [0.15, 0.2) is 5.13 Å². The van der Waals surface area contributed by atoms with E-state index in [4.69, 9.17) is 4.74 Å². The summed E-state index contributed by atoms with van der Waals surface area (Å²) in [6.07, 6.45) is 0.970. The third-order valence-corrected chi connectivity index (χ3v) is 4.28. The molecule has 0 aliphatic rings. The second-order valence-electron chi connectivity index (χ2n) is 5.10. The Morgan fingerprint density at radius 1 is 1.22 bits per heavy atom. The summed E-state index contributed by atoms with van der Waals surface area (Å²) in [5.74, 6) is -0.177. The van der Waals surface area contributed by atoms with E-state index >= 15 is 0 Å². The van der Waals surface area contributed by atoms with Crippen molar-refractivity contribution in [1.29, 1.82) is 0 Å². The van der Waals surface area contributed by atoms with Gasteiger partial charge in [-0.25, -0.2) is 4.98 Å². The molecule has 23 heavy (non-hydrogen) atoms. The summed E-state index contributed by atoms with van der Waals surface area (Å²) in [4.78, 5) is 15.9. The molecule has 3 aromatic rings. The van der Waals surface area contributed by atoms with Crippen LogP contribution in [-0.4, -0.2) is 17.6 Å². The van der Waals surface area contributed by atoms with Gasteiger partial charge in [0.05, 0.1) is 18.7 Å². The first-order valence-corrected chi connectivity index (χ1v) is 8.49. The second kappa shape index (κ2) is 7.24. The van der Waals surface area contributed by atoms with Gasteiger partial charge in [-0.1, -0.05) is 36.4 Å². The number of aryl methyl sites for hydroxylation is 1. The smallest absolute Gasteiger partial charge is 0.306 e. The molecule has 5 heteroatoms. The van der Waals surface area contributed by atoms with E-state index in [9.17, 15) is 4.79 Å². The number of rotatable bonds is 6. The van der Waals surface area contributed by atoms with Gasteiger partial charge in [0.2, 0.25) is 0 Å². The molecule has 118 valence electrons. The third-order valence-electron chi connectivity index (χ3n) is 3.47. The molecular weight excluding hydrogens is 308 g/mol. The highest BCUT2D eigenvalue weighted by Gasteiger charge is 2.08. The van der Waals surface area contributed by atoms with Crippen LogP contribution in [0.1, 0.15) is 19.0 Å². The van der Waals surface area contributed by atoms with Crippen LogP contribution in [0.25, 0.3) is 10.8 Å². The second-order valence-corrected chi connectivity index (χ2v) is 5.96. The van der Waals surface area contributed by atoms with Crippen LogP contribution in [0, 0.1) is 0 Å². The fourth-order valence-corrected chi connectivity index (χ4v) is 3.15. The van der Waals surface area contributed by atoms with E-state index in [1.54, 1.807) is 11.3 Å². The number of nitrogens with one attached hydrogen (secondary N) is 1. The average molecular weight is 326 g/mol. The molecule has 2 aromatic carbocycles. The zero-order valence-electron chi connectivity index (χ0n) is 12.9. The number of thiazole rings is 1. The highest BCUT2D eigenvalue weighted by atomic mass is 32.1. The summed E-state index contributed by atoms with van der Waals surface area (Å²) in [5, 5.41) is 8.54. The Kier molecular flexibility index (Phi) is 4.88. The van der Waals surface area contributed by atoms with Crippen molar-refractivity contribution in [1.82, 2.24) is 4.98 Å². The number of anilines is 2. The summed E-state index contributed by atoms with van der Waals surface area (Å²) < 4.78 is 4.94. The maximum atomic E-state index is 11.4. The lowest BCUT2D eigenvalue weighted by Gasteiger charge is -2.06. The van der Waals surface area contributed by atoms with E-state index in [0.717, 1.165) is 16.5 Å². The first kappa shape index (κ1) is 15.5. The minimum atomic E-state index is -0.177. The van der Waals surface area contributed by atoms with Gasteiger partial charge >= 0.3 is 5.97 Å². The highest BCUT2D eigenvalue weighted by molar-refractivity contribution is 7.13. The van der Waals surface area contributed by atoms with Crippen LogP contribution in [0.4, 0.5) is 10.8 Å². The standard InChI is InChI=1S/C18H18N2O2S/c1-2-22-17(21)11-10-14-12-23-18(19-14)20-16-9-5-7-13-6-3-4-8-15(13)16/h3-9,12H,2,10-11H2,1H3,(H,19,20). The third kappa shape index (κ3) is 3.87. The van der Waals surface area contributed by atoms with Crippen molar-refractivity contribution in [3.63, 3.8) is 0 Å². The molecule has 0 aliphatic carbocycles. The normalized spacial score (nSPS) is 10.7. The molecule has 0 amide bonds. The predicted molar refractivity (Wildman–Crippen MR) is 94.3 cm³/mol. The van der Waals surface area contributed by atoms with Crippen LogP contribution in [0.2, 0.25) is 0 Å². The zero-order valence-corrected chi connectivity index (χ0v) is 13.7. The number of carbonyl (C=O) groups excluding carboxylic acids is 1. The number of ether oxygens (including phenoxy) is 1. The van der Waals surface area contributed by atoms with Gasteiger partial charge in [0, 0.05) is 22.9 Å². The Balaban J connectivity index is 1.70. The van der Waals surface area contributed by atoms with Crippen LogP contribution in [0.5, 0.6) is 0 Å². The van der Waals surface area contributed by atoms with Gasteiger partial charge in [-0.15, -0.1) is 11.3 Å². The number of nitrogens with zero attached hydrogens (tertiary/aromatic N) is 1. The Hall–Kier alpha value is -2.40. The summed E-state index contributed by atoms with van der Waals surface area (Å²) in [7, 11) is 0. The fraction of sp³-hybridized carbons (Fsp3) is 0.222.